The van der Waals surface area contributed by atoms with E-state index in [0.717, 1.165) is 5.56 Å². The van der Waals surface area contributed by atoms with Crippen LogP contribution in [0.2, 0.25) is 0 Å². The van der Waals surface area contributed by atoms with E-state index < -0.39 is 11.9 Å². The van der Waals surface area contributed by atoms with Crippen LogP contribution in [0, 0.1) is 11.8 Å². The quantitative estimate of drug-likeness (QED) is 0.851. The molecule has 1 fully saturated rings. The Bertz CT molecular complexity index is 815. The molecule has 0 aliphatic carbocycles. The molecule has 8 nitrogen and oxygen atoms in total. The van der Waals surface area contributed by atoms with Crippen molar-refractivity contribution in [2.24, 2.45) is 11.8 Å². The highest BCUT2D eigenvalue weighted by molar-refractivity contribution is 5.90. The molecule has 27 heavy (non-hydrogen) atoms. The Kier molecular flexibility index (Phi) is 5.43. The number of benzene rings is 1. The van der Waals surface area contributed by atoms with Crippen molar-refractivity contribution < 1.29 is 19.2 Å². The lowest BCUT2D eigenvalue weighted by Gasteiger charge is -2.34. The summed E-state index contributed by atoms with van der Waals surface area (Å²) in [6.07, 6.45) is 0.594. The molecule has 2 amide bonds. The Morgan fingerprint density at radius 3 is 2.56 bits per heavy atom. The summed E-state index contributed by atoms with van der Waals surface area (Å²) in [5.74, 6) is 0.0437. The summed E-state index contributed by atoms with van der Waals surface area (Å²) in [5, 5.41) is 16.0. The SMILES string of the molecule is CC1CC(C(=O)O)CN(C(=O)Nc2ccc(-c3nc(C(C)C)no3)cc2)C1. The van der Waals surface area contributed by atoms with Crippen LogP contribution in [-0.2, 0) is 4.79 Å². The molecule has 2 aromatic rings. The number of carboxylic acids is 1. The Balaban J connectivity index is 1.65. The second kappa shape index (κ2) is 7.77. The molecule has 144 valence electrons. The van der Waals surface area contributed by atoms with Gasteiger partial charge in [-0.05, 0) is 36.6 Å². The number of aliphatic carboxylic acids is 1. The van der Waals surface area contributed by atoms with E-state index in [4.69, 9.17) is 4.52 Å². The molecular weight excluding hydrogens is 348 g/mol. The van der Waals surface area contributed by atoms with Gasteiger partial charge in [-0.2, -0.15) is 4.98 Å². The third-order valence-electron chi connectivity index (χ3n) is 4.64. The molecule has 2 N–H and O–H groups in total. The lowest BCUT2D eigenvalue weighted by molar-refractivity contribution is -0.143. The summed E-state index contributed by atoms with van der Waals surface area (Å²) < 4.78 is 5.26. The molecule has 0 saturated carbocycles. The molecule has 1 aliphatic heterocycles. The van der Waals surface area contributed by atoms with Crippen LogP contribution in [-0.4, -0.2) is 45.2 Å². The van der Waals surface area contributed by atoms with E-state index in [1.807, 2.05) is 20.8 Å². The number of hydrogen-bond donors (Lipinski definition) is 2. The minimum atomic E-state index is -0.857. The molecule has 2 unspecified atom stereocenters. The first-order valence-corrected chi connectivity index (χ1v) is 9.06. The summed E-state index contributed by atoms with van der Waals surface area (Å²) in [6.45, 7) is 6.71. The predicted molar refractivity (Wildman–Crippen MR) is 99.3 cm³/mol. The maximum absolute atomic E-state index is 12.5. The molecule has 0 bridgehead atoms. The van der Waals surface area contributed by atoms with Crippen LogP contribution in [0.3, 0.4) is 0 Å². The van der Waals surface area contributed by atoms with Crippen molar-refractivity contribution in [3.05, 3.63) is 30.1 Å². The van der Waals surface area contributed by atoms with Crippen LogP contribution in [0.1, 0.15) is 38.9 Å². The van der Waals surface area contributed by atoms with Crippen molar-refractivity contribution in [3.63, 3.8) is 0 Å². The number of likely N-dealkylation sites (tertiary alicyclic amines) is 1. The molecule has 8 heteroatoms. The van der Waals surface area contributed by atoms with E-state index in [2.05, 4.69) is 15.5 Å². The summed E-state index contributed by atoms with van der Waals surface area (Å²) >= 11 is 0. The zero-order valence-corrected chi connectivity index (χ0v) is 15.7. The Morgan fingerprint density at radius 1 is 1.26 bits per heavy atom. The predicted octanol–water partition coefficient (Wildman–Crippen LogP) is 3.43. The van der Waals surface area contributed by atoms with Crippen LogP contribution < -0.4 is 5.32 Å². The number of carboxylic acid groups (broad SMARTS) is 1. The molecule has 0 radical (unpaired) electrons. The van der Waals surface area contributed by atoms with Crippen molar-refractivity contribution in [1.29, 1.82) is 0 Å². The van der Waals surface area contributed by atoms with Crippen molar-refractivity contribution in [2.75, 3.05) is 18.4 Å². The van der Waals surface area contributed by atoms with Crippen molar-refractivity contribution in [3.8, 4) is 11.5 Å². The third kappa shape index (κ3) is 4.45. The first kappa shape index (κ1) is 18.9. The molecule has 1 aromatic carbocycles. The highest BCUT2D eigenvalue weighted by Crippen LogP contribution is 2.24. The molecule has 1 aromatic heterocycles. The Hall–Kier alpha value is -2.90. The first-order valence-electron chi connectivity index (χ1n) is 9.06. The van der Waals surface area contributed by atoms with Gasteiger partial charge in [0.05, 0.1) is 5.92 Å². The monoisotopic (exact) mass is 372 g/mol. The summed E-state index contributed by atoms with van der Waals surface area (Å²) in [5.41, 5.74) is 1.39. The van der Waals surface area contributed by atoms with Crippen molar-refractivity contribution in [2.45, 2.75) is 33.1 Å². The number of hydrogen-bond acceptors (Lipinski definition) is 5. The topological polar surface area (TPSA) is 109 Å². The maximum Gasteiger partial charge on any atom is 0.321 e. The fraction of sp³-hybridized carbons (Fsp3) is 0.474. The normalized spacial score (nSPS) is 19.9. The van der Waals surface area contributed by atoms with Gasteiger partial charge in [-0.1, -0.05) is 25.9 Å². The van der Waals surface area contributed by atoms with Gasteiger partial charge >= 0.3 is 12.0 Å². The lowest BCUT2D eigenvalue weighted by Crippen LogP contribution is -2.47. The maximum atomic E-state index is 12.5. The van der Waals surface area contributed by atoms with Crippen LogP contribution in [0.5, 0.6) is 0 Å². The number of nitrogens with one attached hydrogen (secondary N) is 1. The zero-order valence-electron chi connectivity index (χ0n) is 15.7. The lowest BCUT2D eigenvalue weighted by atomic mass is 9.91. The molecule has 0 spiro atoms. The number of carbonyl (C=O) groups is 2. The number of aromatic nitrogens is 2. The number of urea groups is 1. The smallest absolute Gasteiger partial charge is 0.321 e. The molecule has 2 heterocycles. The number of amides is 2. The highest BCUT2D eigenvalue weighted by atomic mass is 16.5. The van der Waals surface area contributed by atoms with Gasteiger partial charge < -0.3 is 19.8 Å². The summed E-state index contributed by atoms with van der Waals surface area (Å²) in [6, 6.07) is 6.82. The molecule has 1 saturated heterocycles. The largest absolute Gasteiger partial charge is 0.481 e. The van der Waals surface area contributed by atoms with Gasteiger partial charge in [0, 0.05) is 30.3 Å². The van der Waals surface area contributed by atoms with Gasteiger partial charge in [0.2, 0.25) is 0 Å². The summed E-state index contributed by atoms with van der Waals surface area (Å²) in [4.78, 5) is 29.7. The van der Waals surface area contributed by atoms with E-state index in [-0.39, 0.29) is 24.4 Å². The second-order valence-corrected chi connectivity index (χ2v) is 7.40. The fourth-order valence-electron chi connectivity index (χ4n) is 3.18. The molecule has 3 rings (SSSR count). The van der Waals surface area contributed by atoms with Crippen molar-refractivity contribution in [1.82, 2.24) is 15.0 Å². The Morgan fingerprint density at radius 2 is 1.96 bits per heavy atom. The van der Waals surface area contributed by atoms with Gasteiger partial charge in [-0.25, -0.2) is 4.79 Å². The fourth-order valence-corrected chi connectivity index (χ4v) is 3.18. The number of anilines is 1. The Labute approximate surface area is 157 Å². The number of rotatable bonds is 4. The van der Waals surface area contributed by atoms with Crippen LogP contribution >= 0.6 is 0 Å². The van der Waals surface area contributed by atoms with Crippen LogP contribution in [0.25, 0.3) is 11.5 Å². The molecular formula is C19H24N4O4. The van der Waals surface area contributed by atoms with Crippen molar-refractivity contribution >= 4 is 17.7 Å². The minimum absolute atomic E-state index is 0.153. The van der Waals surface area contributed by atoms with E-state index in [0.29, 0.717) is 30.4 Å². The zero-order chi connectivity index (χ0) is 19.6. The van der Waals surface area contributed by atoms with E-state index in [1.165, 1.54) is 0 Å². The van der Waals surface area contributed by atoms with Gasteiger partial charge in [0.1, 0.15) is 0 Å². The number of nitrogens with zero attached hydrogens (tertiary/aromatic N) is 3. The average Bonchev–Trinajstić information content (AvgIpc) is 3.12. The number of piperidine rings is 1. The molecule has 2 atom stereocenters. The van der Waals surface area contributed by atoms with Gasteiger partial charge in [0.25, 0.3) is 5.89 Å². The second-order valence-electron chi connectivity index (χ2n) is 7.40. The van der Waals surface area contributed by atoms with E-state index >= 15 is 0 Å². The first-order chi connectivity index (χ1) is 12.8. The third-order valence-corrected chi connectivity index (χ3v) is 4.64. The standard InChI is InChI=1S/C19H24N4O4/c1-11(2)16-21-17(27-22-16)13-4-6-15(7-5-13)20-19(26)23-9-12(3)8-14(10-23)18(24)25/h4-7,11-12,14H,8-10H2,1-3H3,(H,20,26)(H,24,25). The van der Waals surface area contributed by atoms with Gasteiger partial charge in [-0.15, -0.1) is 0 Å². The number of carbonyl (C=O) groups excluding carboxylic acids is 1. The van der Waals surface area contributed by atoms with E-state index in [1.54, 1.807) is 29.2 Å². The summed E-state index contributed by atoms with van der Waals surface area (Å²) in [7, 11) is 0. The van der Waals surface area contributed by atoms with E-state index in [9.17, 15) is 14.7 Å². The van der Waals surface area contributed by atoms with Gasteiger partial charge in [-0.3, -0.25) is 4.79 Å². The highest BCUT2D eigenvalue weighted by Gasteiger charge is 2.31. The van der Waals surface area contributed by atoms with Gasteiger partial charge in [0.15, 0.2) is 5.82 Å². The van der Waals surface area contributed by atoms with Crippen LogP contribution in [0.15, 0.2) is 28.8 Å². The van der Waals surface area contributed by atoms with Crippen LogP contribution in [0.4, 0.5) is 10.5 Å². The average molecular weight is 372 g/mol. The molecule has 1 aliphatic rings. The minimum Gasteiger partial charge on any atom is -0.481 e.